The van der Waals surface area contributed by atoms with Gasteiger partial charge in [-0.15, -0.1) is 0 Å². The Hall–Kier alpha value is -1.50. The summed E-state index contributed by atoms with van der Waals surface area (Å²) in [6.45, 7) is 1.45. The van der Waals surface area contributed by atoms with E-state index < -0.39 is 6.10 Å². The fourth-order valence-electron chi connectivity index (χ4n) is 0.964. The Kier molecular flexibility index (Phi) is 3.52. The molecule has 0 aromatic heterocycles. The minimum atomic E-state index is -0.729. The molecule has 1 aromatic rings. The first-order valence-corrected chi connectivity index (χ1v) is 4.26. The Balaban J connectivity index is 3.02. The first kappa shape index (κ1) is 10.6. The zero-order valence-electron chi connectivity index (χ0n) is 7.86. The van der Waals surface area contributed by atoms with Gasteiger partial charge >= 0.3 is 0 Å². The molecule has 0 spiro atoms. The number of rotatable bonds is 1. The summed E-state index contributed by atoms with van der Waals surface area (Å²) in [5.41, 5.74) is 1.09. The highest BCUT2D eigenvalue weighted by Crippen LogP contribution is 2.17. The average Bonchev–Trinajstić information content (AvgIpc) is 2.16. The maximum absolute atomic E-state index is 9.38. The molecule has 3 heteroatoms. The fourth-order valence-corrected chi connectivity index (χ4v) is 0.964. The molecule has 0 saturated carbocycles. The second-order valence-electron chi connectivity index (χ2n) is 2.95. The van der Waals surface area contributed by atoms with Crippen LogP contribution in [0.4, 0.5) is 0 Å². The molecule has 0 aliphatic rings. The largest absolute Gasteiger partial charge is 0.507 e. The van der Waals surface area contributed by atoms with Crippen molar-refractivity contribution in [3.05, 3.63) is 29.3 Å². The van der Waals surface area contributed by atoms with Crippen LogP contribution in [-0.2, 0) is 6.61 Å². The molecule has 0 radical (unpaired) electrons. The van der Waals surface area contributed by atoms with Crippen LogP contribution in [0.5, 0.6) is 5.75 Å². The smallest absolute Gasteiger partial charge is 0.131 e. The summed E-state index contributed by atoms with van der Waals surface area (Å²) in [4.78, 5) is 0. The molecule has 0 unspecified atom stereocenters. The number of aromatic hydroxyl groups is 1. The third kappa shape index (κ3) is 2.77. The topological polar surface area (TPSA) is 60.7 Å². The Morgan fingerprint density at radius 2 is 2.14 bits per heavy atom. The number of aliphatic hydroxyl groups excluding tert-OH is 2. The van der Waals surface area contributed by atoms with Crippen LogP contribution < -0.4 is 0 Å². The van der Waals surface area contributed by atoms with Crippen LogP contribution in [-0.4, -0.2) is 21.4 Å². The van der Waals surface area contributed by atoms with E-state index in [0.717, 1.165) is 0 Å². The van der Waals surface area contributed by atoms with Gasteiger partial charge in [0, 0.05) is 0 Å². The molecule has 0 heterocycles. The number of hydrogen-bond acceptors (Lipinski definition) is 3. The second-order valence-corrected chi connectivity index (χ2v) is 2.95. The zero-order chi connectivity index (χ0) is 10.6. The predicted octanol–water partition coefficient (Wildman–Crippen LogP) is 0.617. The molecule has 3 nitrogen and oxygen atoms in total. The van der Waals surface area contributed by atoms with Crippen molar-refractivity contribution in [2.24, 2.45) is 0 Å². The van der Waals surface area contributed by atoms with Gasteiger partial charge in [0.15, 0.2) is 0 Å². The molecular formula is C11H12O3. The van der Waals surface area contributed by atoms with Gasteiger partial charge in [-0.05, 0) is 24.6 Å². The van der Waals surface area contributed by atoms with Gasteiger partial charge in [0.2, 0.25) is 0 Å². The molecule has 14 heavy (non-hydrogen) atoms. The molecule has 1 atom stereocenters. The van der Waals surface area contributed by atoms with Gasteiger partial charge in [-0.2, -0.15) is 0 Å². The molecule has 0 saturated heterocycles. The van der Waals surface area contributed by atoms with Crippen LogP contribution in [0, 0.1) is 11.8 Å². The van der Waals surface area contributed by atoms with E-state index in [1.807, 2.05) is 0 Å². The van der Waals surface area contributed by atoms with Crippen molar-refractivity contribution in [1.82, 2.24) is 0 Å². The summed E-state index contributed by atoms with van der Waals surface area (Å²) in [5, 5.41) is 27.2. The van der Waals surface area contributed by atoms with E-state index in [1.54, 1.807) is 19.1 Å². The molecule has 1 rings (SSSR count). The Morgan fingerprint density at radius 1 is 1.43 bits per heavy atom. The quantitative estimate of drug-likeness (QED) is 0.571. The maximum Gasteiger partial charge on any atom is 0.131 e. The number of phenols is 1. The number of benzene rings is 1. The van der Waals surface area contributed by atoms with Gasteiger partial charge in [0.05, 0.1) is 12.2 Å². The highest BCUT2D eigenvalue weighted by molar-refractivity contribution is 5.47. The van der Waals surface area contributed by atoms with Gasteiger partial charge in [-0.3, -0.25) is 0 Å². The molecule has 0 aliphatic carbocycles. The molecule has 3 N–H and O–H groups in total. The predicted molar refractivity (Wildman–Crippen MR) is 52.6 cm³/mol. The van der Waals surface area contributed by atoms with E-state index in [9.17, 15) is 5.11 Å². The maximum atomic E-state index is 9.38. The van der Waals surface area contributed by atoms with Crippen molar-refractivity contribution >= 4 is 0 Å². The van der Waals surface area contributed by atoms with Crippen LogP contribution >= 0.6 is 0 Å². The molecule has 0 amide bonds. The van der Waals surface area contributed by atoms with Crippen LogP contribution in [0.3, 0.4) is 0 Å². The number of hydrogen-bond donors (Lipinski definition) is 3. The van der Waals surface area contributed by atoms with Crippen LogP contribution in [0.15, 0.2) is 18.2 Å². The molecule has 0 bridgehead atoms. The Morgan fingerprint density at radius 3 is 2.71 bits per heavy atom. The normalized spacial score (nSPS) is 11.6. The lowest BCUT2D eigenvalue weighted by Crippen LogP contribution is -1.93. The Labute approximate surface area is 82.6 Å². The lowest BCUT2D eigenvalue weighted by atomic mass is 10.1. The van der Waals surface area contributed by atoms with Crippen molar-refractivity contribution in [3.8, 4) is 17.6 Å². The van der Waals surface area contributed by atoms with E-state index in [0.29, 0.717) is 11.1 Å². The van der Waals surface area contributed by atoms with Crippen molar-refractivity contribution in [3.63, 3.8) is 0 Å². The van der Waals surface area contributed by atoms with E-state index in [2.05, 4.69) is 11.8 Å². The third-order valence-electron chi connectivity index (χ3n) is 1.66. The SMILES string of the molecule is C[C@@H](O)C#Cc1cc(CO)ccc1O. The Bertz CT molecular complexity index is 372. The van der Waals surface area contributed by atoms with Gasteiger partial charge < -0.3 is 15.3 Å². The lowest BCUT2D eigenvalue weighted by Gasteiger charge is -2.00. The number of aliphatic hydroxyl groups is 2. The van der Waals surface area contributed by atoms with E-state index in [-0.39, 0.29) is 12.4 Å². The van der Waals surface area contributed by atoms with Crippen LogP contribution in [0.25, 0.3) is 0 Å². The summed E-state index contributed by atoms with van der Waals surface area (Å²) >= 11 is 0. The minimum Gasteiger partial charge on any atom is -0.507 e. The molecule has 0 fully saturated rings. The van der Waals surface area contributed by atoms with Gasteiger partial charge in [0.25, 0.3) is 0 Å². The van der Waals surface area contributed by atoms with Crippen molar-refractivity contribution < 1.29 is 15.3 Å². The lowest BCUT2D eigenvalue weighted by molar-refractivity contribution is 0.253. The summed E-state index contributed by atoms with van der Waals surface area (Å²) < 4.78 is 0. The van der Waals surface area contributed by atoms with Gasteiger partial charge in [-0.1, -0.05) is 17.9 Å². The monoisotopic (exact) mass is 192 g/mol. The van der Waals surface area contributed by atoms with Crippen molar-refractivity contribution in [2.75, 3.05) is 0 Å². The van der Waals surface area contributed by atoms with Crippen molar-refractivity contribution in [2.45, 2.75) is 19.6 Å². The fraction of sp³-hybridized carbons (Fsp3) is 0.273. The first-order chi connectivity index (χ1) is 6.63. The highest BCUT2D eigenvalue weighted by Gasteiger charge is 1.99. The van der Waals surface area contributed by atoms with Crippen molar-refractivity contribution in [1.29, 1.82) is 0 Å². The molecule has 1 aromatic carbocycles. The van der Waals surface area contributed by atoms with Gasteiger partial charge in [-0.25, -0.2) is 0 Å². The third-order valence-corrected chi connectivity index (χ3v) is 1.66. The first-order valence-electron chi connectivity index (χ1n) is 4.26. The average molecular weight is 192 g/mol. The zero-order valence-corrected chi connectivity index (χ0v) is 7.86. The number of phenolic OH excluding ortho intramolecular Hbond substituents is 1. The van der Waals surface area contributed by atoms with E-state index >= 15 is 0 Å². The van der Waals surface area contributed by atoms with Crippen LogP contribution in [0.2, 0.25) is 0 Å². The standard InChI is InChI=1S/C11H12O3/c1-8(13)2-4-10-6-9(7-12)3-5-11(10)14/h3,5-6,8,12-14H,7H2,1H3/t8-/m1/s1. The summed E-state index contributed by atoms with van der Waals surface area (Å²) in [6, 6.07) is 4.67. The molecular weight excluding hydrogens is 180 g/mol. The minimum absolute atomic E-state index is 0.0513. The molecule has 74 valence electrons. The van der Waals surface area contributed by atoms with E-state index in [4.69, 9.17) is 10.2 Å². The summed E-state index contributed by atoms with van der Waals surface area (Å²) in [5.74, 6) is 5.20. The molecule has 0 aliphatic heterocycles. The summed E-state index contributed by atoms with van der Waals surface area (Å²) in [6.07, 6.45) is -0.729. The highest BCUT2D eigenvalue weighted by atomic mass is 16.3. The summed E-state index contributed by atoms with van der Waals surface area (Å²) in [7, 11) is 0. The van der Waals surface area contributed by atoms with Gasteiger partial charge in [0.1, 0.15) is 11.9 Å². The van der Waals surface area contributed by atoms with Crippen LogP contribution in [0.1, 0.15) is 18.1 Å². The van der Waals surface area contributed by atoms with E-state index in [1.165, 1.54) is 6.07 Å². The second kappa shape index (κ2) is 4.66.